The molecule has 0 heterocycles. The molecule has 0 saturated heterocycles. The van der Waals surface area contributed by atoms with Crippen molar-refractivity contribution in [1.82, 2.24) is 5.32 Å². The maximum atomic E-state index is 11.9. The molecule has 0 spiro atoms. The van der Waals surface area contributed by atoms with Gasteiger partial charge in [-0.15, -0.1) is 0 Å². The summed E-state index contributed by atoms with van der Waals surface area (Å²) < 4.78 is 4.57. The number of benzene rings is 1. The first-order valence-corrected chi connectivity index (χ1v) is 7.49. The maximum absolute atomic E-state index is 11.9. The van der Waals surface area contributed by atoms with E-state index in [1.54, 1.807) is 0 Å². The molecule has 0 aliphatic heterocycles. The molecule has 4 nitrogen and oxygen atoms in total. The van der Waals surface area contributed by atoms with Crippen molar-refractivity contribution in [3.8, 4) is 0 Å². The summed E-state index contributed by atoms with van der Waals surface area (Å²) in [4.78, 5) is 22.8. The van der Waals surface area contributed by atoms with Crippen molar-refractivity contribution in [1.29, 1.82) is 0 Å². The van der Waals surface area contributed by atoms with E-state index in [1.807, 2.05) is 24.3 Å². The van der Waals surface area contributed by atoms with Gasteiger partial charge in [0.25, 0.3) is 5.91 Å². The van der Waals surface area contributed by atoms with Gasteiger partial charge < -0.3 is 10.1 Å². The third kappa shape index (κ3) is 6.43. The summed E-state index contributed by atoms with van der Waals surface area (Å²) in [5.41, 5.74) is 1.92. The van der Waals surface area contributed by atoms with Crippen molar-refractivity contribution in [2.24, 2.45) is 0 Å². The van der Waals surface area contributed by atoms with Gasteiger partial charge in [-0.05, 0) is 36.5 Å². The number of hydrogen-bond acceptors (Lipinski definition) is 3. The summed E-state index contributed by atoms with van der Waals surface area (Å²) in [6.07, 6.45) is 3.02. The second-order valence-corrected chi connectivity index (χ2v) is 5.42. The molecule has 1 aromatic rings. The fourth-order valence-corrected chi connectivity index (χ4v) is 2.00. The Morgan fingerprint density at radius 3 is 2.33 bits per heavy atom. The van der Waals surface area contributed by atoms with Crippen LogP contribution < -0.4 is 5.32 Å². The molecule has 1 N–H and O–H groups in total. The van der Waals surface area contributed by atoms with E-state index in [1.165, 1.54) is 12.7 Å². The van der Waals surface area contributed by atoms with Crippen molar-refractivity contribution in [2.75, 3.05) is 13.7 Å². The zero-order chi connectivity index (χ0) is 15.7. The fraction of sp³-hybridized carbons (Fsp3) is 0.529. The van der Waals surface area contributed by atoms with E-state index in [0.717, 1.165) is 19.3 Å². The van der Waals surface area contributed by atoms with Gasteiger partial charge in [0.2, 0.25) is 0 Å². The van der Waals surface area contributed by atoms with E-state index in [4.69, 9.17) is 0 Å². The third-order valence-electron chi connectivity index (χ3n) is 3.41. The summed E-state index contributed by atoms with van der Waals surface area (Å²) in [7, 11) is 1.40. The number of hydrogen-bond donors (Lipinski definition) is 1. The van der Waals surface area contributed by atoms with Crippen LogP contribution in [0.25, 0.3) is 0 Å². The zero-order valence-electron chi connectivity index (χ0n) is 13.1. The van der Waals surface area contributed by atoms with E-state index < -0.39 is 0 Å². The predicted octanol–water partition coefficient (Wildman–Crippen LogP) is 3.27. The Morgan fingerprint density at radius 1 is 1.10 bits per heavy atom. The van der Waals surface area contributed by atoms with Gasteiger partial charge in [0, 0.05) is 18.5 Å². The SMILES string of the molecule is COC(=O)CCCCCNC(=O)c1ccc(C(C)C)cc1. The number of carbonyl (C=O) groups is 2. The first kappa shape index (κ1) is 17.2. The summed E-state index contributed by atoms with van der Waals surface area (Å²) in [6.45, 7) is 4.89. The topological polar surface area (TPSA) is 55.4 Å². The van der Waals surface area contributed by atoms with Crippen LogP contribution in [0.3, 0.4) is 0 Å². The minimum absolute atomic E-state index is 0.0433. The van der Waals surface area contributed by atoms with Crippen LogP contribution in [0.1, 0.15) is 61.4 Å². The summed E-state index contributed by atoms with van der Waals surface area (Å²) in [6, 6.07) is 7.72. The number of esters is 1. The van der Waals surface area contributed by atoms with Crippen LogP contribution in [0.2, 0.25) is 0 Å². The van der Waals surface area contributed by atoms with Gasteiger partial charge in [-0.25, -0.2) is 0 Å². The number of methoxy groups -OCH3 is 1. The van der Waals surface area contributed by atoms with Gasteiger partial charge in [-0.3, -0.25) is 9.59 Å². The Balaban J connectivity index is 2.23. The third-order valence-corrected chi connectivity index (χ3v) is 3.41. The molecule has 1 amide bonds. The van der Waals surface area contributed by atoms with E-state index in [0.29, 0.717) is 24.4 Å². The zero-order valence-corrected chi connectivity index (χ0v) is 13.1. The number of ether oxygens (including phenoxy) is 1. The molecule has 4 heteroatoms. The van der Waals surface area contributed by atoms with Crippen LogP contribution in [0.15, 0.2) is 24.3 Å². The minimum Gasteiger partial charge on any atom is -0.469 e. The smallest absolute Gasteiger partial charge is 0.305 e. The summed E-state index contributed by atoms with van der Waals surface area (Å²) in [5.74, 6) is 0.250. The van der Waals surface area contributed by atoms with E-state index in [2.05, 4.69) is 23.9 Å². The maximum Gasteiger partial charge on any atom is 0.305 e. The lowest BCUT2D eigenvalue weighted by molar-refractivity contribution is -0.140. The first-order chi connectivity index (χ1) is 10.0. The molecule has 0 unspecified atom stereocenters. The van der Waals surface area contributed by atoms with E-state index in [-0.39, 0.29) is 11.9 Å². The number of nitrogens with one attached hydrogen (secondary N) is 1. The van der Waals surface area contributed by atoms with Crippen molar-refractivity contribution in [2.45, 2.75) is 45.4 Å². The Kier molecular flexibility index (Phi) is 7.51. The molecule has 0 aliphatic carbocycles. The average Bonchev–Trinajstić information content (AvgIpc) is 2.50. The van der Waals surface area contributed by atoms with Crippen LogP contribution in [-0.4, -0.2) is 25.5 Å². The monoisotopic (exact) mass is 291 g/mol. The number of unbranched alkanes of at least 4 members (excludes halogenated alkanes) is 2. The van der Waals surface area contributed by atoms with Crippen LogP contribution in [-0.2, 0) is 9.53 Å². The average molecular weight is 291 g/mol. The van der Waals surface area contributed by atoms with Crippen molar-refractivity contribution in [3.63, 3.8) is 0 Å². The molecule has 0 fully saturated rings. The largest absolute Gasteiger partial charge is 0.469 e. The van der Waals surface area contributed by atoms with Gasteiger partial charge >= 0.3 is 5.97 Å². The second-order valence-electron chi connectivity index (χ2n) is 5.42. The highest BCUT2D eigenvalue weighted by molar-refractivity contribution is 5.94. The lowest BCUT2D eigenvalue weighted by Gasteiger charge is -2.08. The van der Waals surface area contributed by atoms with Gasteiger partial charge in [-0.2, -0.15) is 0 Å². The minimum atomic E-state index is -0.177. The summed E-state index contributed by atoms with van der Waals surface area (Å²) >= 11 is 0. The molecule has 1 aromatic carbocycles. The lowest BCUT2D eigenvalue weighted by atomic mass is 10.0. The predicted molar refractivity (Wildman–Crippen MR) is 83.3 cm³/mol. The van der Waals surface area contributed by atoms with Gasteiger partial charge in [0.05, 0.1) is 7.11 Å². The standard InChI is InChI=1S/C17H25NO3/c1-13(2)14-8-10-15(11-9-14)17(20)18-12-6-4-5-7-16(19)21-3/h8-11,13H,4-7,12H2,1-3H3,(H,18,20). The first-order valence-electron chi connectivity index (χ1n) is 7.49. The molecular weight excluding hydrogens is 266 g/mol. The highest BCUT2D eigenvalue weighted by Crippen LogP contribution is 2.14. The Morgan fingerprint density at radius 2 is 1.76 bits per heavy atom. The highest BCUT2D eigenvalue weighted by Gasteiger charge is 2.06. The highest BCUT2D eigenvalue weighted by atomic mass is 16.5. The van der Waals surface area contributed by atoms with Gasteiger partial charge in [0.15, 0.2) is 0 Å². The molecule has 0 atom stereocenters. The van der Waals surface area contributed by atoms with Gasteiger partial charge in [0.1, 0.15) is 0 Å². The fourth-order valence-electron chi connectivity index (χ4n) is 2.00. The molecule has 0 aliphatic rings. The molecule has 0 saturated carbocycles. The Hall–Kier alpha value is -1.84. The van der Waals surface area contributed by atoms with Gasteiger partial charge in [-0.1, -0.05) is 32.4 Å². The summed E-state index contributed by atoms with van der Waals surface area (Å²) in [5, 5.41) is 2.89. The van der Waals surface area contributed by atoms with Crippen LogP contribution in [0.4, 0.5) is 0 Å². The number of rotatable bonds is 8. The Bertz CT molecular complexity index is 452. The van der Waals surface area contributed by atoms with Crippen LogP contribution in [0, 0.1) is 0 Å². The molecular formula is C17H25NO3. The number of amides is 1. The van der Waals surface area contributed by atoms with Crippen molar-refractivity contribution >= 4 is 11.9 Å². The van der Waals surface area contributed by atoms with E-state index in [9.17, 15) is 9.59 Å². The second kappa shape index (κ2) is 9.16. The molecule has 0 radical (unpaired) electrons. The number of carbonyl (C=O) groups excluding carboxylic acids is 2. The van der Waals surface area contributed by atoms with Crippen molar-refractivity contribution in [3.05, 3.63) is 35.4 Å². The lowest BCUT2D eigenvalue weighted by Crippen LogP contribution is -2.24. The van der Waals surface area contributed by atoms with Crippen molar-refractivity contribution < 1.29 is 14.3 Å². The quantitative estimate of drug-likeness (QED) is 0.591. The molecule has 21 heavy (non-hydrogen) atoms. The molecule has 1 rings (SSSR count). The van der Waals surface area contributed by atoms with E-state index >= 15 is 0 Å². The molecule has 0 aromatic heterocycles. The normalized spacial score (nSPS) is 10.5. The van der Waals surface area contributed by atoms with Crippen LogP contribution >= 0.6 is 0 Å². The molecule has 116 valence electrons. The van der Waals surface area contributed by atoms with Crippen LogP contribution in [0.5, 0.6) is 0 Å². The Labute approximate surface area is 126 Å². The molecule has 0 bridgehead atoms.